The third kappa shape index (κ3) is 1.10. The molecule has 3 heterocycles. The minimum Gasteiger partial charge on any atom is -0.387 e. The van der Waals surface area contributed by atoms with E-state index in [1.807, 2.05) is 0 Å². The van der Waals surface area contributed by atoms with Gasteiger partial charge in [-0.05, 0) is 6.08 Å². The molecule has 15 heavy (non-hydrogen) atoms. The molecule has 3 N–H and O–H groups in total. The van der Waals surface area contributed by atoms with Gasteiger partial charge in [-0.25, -0.2) is 0 Å². The molecule has 0 unspecified atom stereocenters. The lowest BCUT2D eigenvalue weighted by Gasteiger charge is -2.38. The van der Waals surface area contributed by atoms with E-state index in [2.05, 4.69) is 5.32 Å². The SMILES string of the molecule is O=C1C=C[C@]2(N1)OC[C@H]1O[C@@H]2[C@H](O)[C@@H]1O. The molecule has 3 aliphatic heterocycles. The summed E-state index contributed by atoms with van der Waals surface area (Å²) in [5.41, 5.74) is -1.11. The van der Waals surface area contributed by atoms with Crippen molar-refractivity contribution in [1.82, 2.24) is 5.32 Å². The first-order valence-electron chi connectivity index (χ1n) is 4.79. The lowest BCUT2D eigenvalue weighted by molar-refractivity contribution is -0.207. The Kier molecular flexibility index (Phi) is 1.73. The number of aliphatic hydroxyl groups excluding tert-OH is 2. The minimum atomic E-state index is -1.11. The summed E-state index contributed by atoms with van der Waals surface area (Å²) >= 11 is 0. The average Bonchev–Trinajstić information content (AvgIpc) is 2.69. The van der Waals surface area contributed by atoms with E-state index >= 15 is 0 Å². The Labute approximate surface area is 85.5 Å². The van der Waals surface area contributed by atoms with Crippen LogP contribution in [0.5, 0.6) is 0 Å². The van der Waals surface area contributed by atoms with Crippen molar-refractivity contribution in [2.24, 2.45) is 0 Å². The Bertz CT molecular complexity index is 343. The van der Waals surface area contributed by atoms with Gasteiger partial charge in [0.05, 0.1) is 6.61 Å². The zero-order chi connectivity index (χ0) is 10.6. The number of ether oxygens (including phenoxy) is 2. The van der Waals surface area contributed by atoms with Gasteiger partial charge in [-0.15, -0.1) is 0 Å². The number of hydrogen-bond donors (Lipinski definition) is 3. The maximum atomic E-state index is 11.1. The topological polar surface area (TPSA) is 88.0 Å². The smallest absolute Gasteiger partial charge is 0.246 e. The van der Waals surface area contributed by atoms with Crippen LogP contribution in [0.3, 0.4) is 0 Å². The Morgan fingerprint density at radius 1 is 1.47 bits per heavy atom. The molecular weight excluding hydrogens is 202 g/mol. The van der Waals surface area contributed by atoms with E-state index in [4.69, 9.17) is 9.47 Å². The number of nitrogens with one attached hydrogen (secondary N) is 1. The van der Waals surface area contributed by atoms with Crippen LogP contribution in [0.15, 0.2) is 12.2 Å². The van der Waals surface area contributed by atoms with Gasteiger partial charge >= 0.3 is 0 Å². The summed E-state index contributed by atoms with van der Waals surface area (Å²) in [4.78, 5) is 11.1. The van der Waals surface area contributed by atoms with Gasteiger partial charge in [0.2, 0.25) is 5.91 Å². The summed E-state index contributed by atoms with van der Waals surface area (Å²) in [5, 5.41) is 21.9. The lowest BCUT2D eigenvalue weighted by Crippen LogP contribution is -2.59. The van der Waals surface area contributed by atoms with Gasteiger partial charge in [-0.2, -0.15) is 0 Å². The molecule has 1 amide bonds. The molecule has 0 aromatic carbocycles. The van der Waals surface area contributed by atoms with Crippen molar-refractivity contribution in [3.63, 3.8) is 0 Å². The Morgan fingerprint density at radius 3 is 2.93 bits per heavy atom. The van der Waals surface area contributed by atoms with Gasteiger partial charge in [-0.3, -0.25) is 4.79 Å². The Morgan fingerprint density at radius 2 is 2.27 bits per heavy atom. The van der Waals surface area contributed by atoms with Crippen LogP contribution >= 0.6 is 0 Å². The number of carbonyl (C=O) groups excluding carboxylic acids is 1. The van der Waals surface area contributed by atoms with E-state index in [1.165, 1.54) is 12.2 Å². The van der Waals surface area contributed by atoms with Crippen LogP contribution in [-0.4, -0.2) is 52.9 Å². The molecule has 6 heteroatoms. The van der Waals surface area contributed by atoms with Gasteiger partial charge in [0.1, 0.15) is 24.4 Å². The van der Waals surface area contributed by atoms with Gasteiger partial charge in [0, 0.05) is 6.08 Å². The zero-order valence-electron chi connectivity index (χ0n) is 7.79. The number of aliphatic hydroxyl groups is 2. The average molecular weight is 213 g/mol. The van der Waals surface area contributed by atoms with Crippen molar-refractivity contribution in [2.45, 2.75) is 30.1 Å². The highest BCUT2D eigenvalue weighted by Gasteiger charge is 2.59. The van der Waals surface area contributed by atoms with E-state index in [9.17, 15) is 15.0 Å². The van der Waals surface area contributed by atoms with Crippen LogP contribution in [0.25, 0.3) is 0 Å². The van der Waals surface area contributed by atoms with Gasteiger partial charge < -0.3 is 25.0 Å². The van der Waals surface area contributed by atoms with Crippen molar-refractivity contribution < 1.29 is 24.5 Å². The highest BCUT2D eigenvalue weighted by molar-refractivity contribution is 5.91. The Hall–Kier alpha value is -0.950. The summed E-state index contributed by atoms with van der Waals surface area (Å²) in [5.74, 6) is -0.286. The molecular formula is C9H11NO5. The van der Waals surface area contributed by atoms with E-state index < -0.39 is 30.1 Å². The van der Waals surface area contributed by atoms with E-state index in [0.29, 0.717) is 0 Å². The monoisotopic (exact) mass is 213 g/mol. The summed E-state index contributed by atoms with van der Waals surface area (Å²) < 4.78 is 10.9. The first kappa shape index (κ1) is 9.29. The number of amides is 1. The maximum Gasteiger partial charge on any atom is 0.246 e. The quantitative estimate of drug-likeness (QED) is 0.428. The van der Waals surface area contributed by atoms with Crippen LogP contribution in [-0.2, 0) is 14.3 Å². The van der Waals surface area contributed by atoms with Gasteiger partial charge in [0.25, 0.3) is 0 Å². The van der Waals surface area contributed by atoms with Gasteiger partial charge in [-0.1, -0.05) is 0 Å². The fourth-order valence-corrected chi connectivity index (χ4v) is 2.27. The summed E-state index contributed by atoms with van der Waals surface area (Å²) in [6.45, 7) is 0.152. The second kappa shape index (κ2) is 2.79. The molecule has 0 radical (unpaired) electrons. The van der Waals surface area contributed by atoms with E-state index in [1.54, 1.807) is 0 Å². The molecule has 5 atom stereocenters. The molecule has 82 valence electrons. The van der Waals surface area contributed by atoms with Crippen molar-refractivity contribution in [2.75, 3.05) is 6.61 Å². The molecule has 0 aliphatic carbocycles. The predicted octanol–water partition coefficient (Wildman–Crippen LogP) is -2.11. The molecule has 0 aromatic rings. The van der Waals surface area contributed by atoms with Crippen molar-refractivity contribution in [3.8, 4) is 0 Å². The third-order valence-corrected chi connectivity index (χ3v) is 3.07. The zero-order valence-corrected chi connectivity index (χ0v) is 7.79. The standard InChI is InChI=1S/C9H11NO5/c11-5-1-2-9(10-5)8-7(13)6(12)4(15-8)3-14-9/h1-2,4,6-8,12-13H,3H2,(H,10,11)/t4-,6-,7-,8-,9+/m1/s1. The van der Waals surface area contributed by atoms with Crippen molar-refractivity contribution in [1.29, 1.82) is 0 Å². The maximum absolute atomic E-state index is 11.1. The molecule has 2 saturated heterocycles. The minimum absolute atomic E-state index is 0.152. The third-order valence-electron chi connectivity index (χ3n) is 3.07. The van der Waals surface area contributed by atoms with Crippen LogP contribution in [0.4, 0.5) is 0 Å². The molecule has 1 spiro atoms. The number of carbonyl (C=O) groups is 1. The van der Waals surface area contributed by atoms with Crippen LogP contribution in [0.1, 0.15) is 0 Å². The second-order valence-corrected chi connectivity index (χ2v) is 4.00. The summed E-state index contributed by atoms with van der Waals surface area (Å²) in [7, 11) is 0. The largest absolute Gasteiger partial charge is 0.387 e. The highest BCUT2D eigenvalue weighted by atomic mass is 16.6. The number of hydrogen-bond acceptors (Lipinski definition) is 5. The molecule has 2 fully saturated rings. The first-order chi connectivity index (χ1) is 7.12. The molecule has 3 aliphatic rings. The van der Waals surface area contributed by atoms with Crippen molar-refractivity contribution >= 4 is 5.91 Å². The molecule has 0 saturated carbocycles. The van der Waals surface area contributed by atoms with Crippen LogP contribution < -0.4 is 5.32 Å². The summed E-state index contributed by atoms with van der Waals surface area (Å²) in [6.07, 6.45) is -0.394. The number of rotatable bonds is 0. The molecule has 3 rings (SSSR count). The fourth-order valence-electron chi connectivity index (χ4n) is 2.27. The van der Waals surface area contributed by atoms with Gasteiger partial charge in [0.15, 0.2) is 5.72 Å². The second-order valence-electron chi connectivity index (χ2n) is 4.00. The van der Waals surface area contributed by atoms with E-state index in [-0.39, 0.29) is 12.5 Å². The molecule has 0 aromatic heterocycles. The van der Waals surface area contributed by atoms with E-state index in [0.717, 1.165) is 0 Å². The lowest BCUT2D eigenvalue weighted by atomic mass is 10.0. The molecule has 2 bridgehead atoms. The fraction of sp³-hybridized carbons (Fsp3) is 0.667. The van der Waals surface area contributed by atoms with Crippen molar-refractivity contribution in [3.05, 3.63) is 12.2 Å². The Balaban J connectivity index is 1.94. The highest BCUT2D eigenvalue weighted by Crippen LogP contribution is 2.37. The van der Waals surface area contributed by atoms with Crippen LogP contribution in [0, 0.1) is 0 Å². The normalized spacial score (nSPS) is 52.5. The summed E-state index contributed by atoms with van der Waals surface area (Å²) in [6, 6.07) is 0. The van der Waals surface area contributed by atoms with Crippen LogP contribution in [0.2, 0.25) is 0 Å². The predicted molar refractivity (Wildman–Crippen MR) is 46.6 cm³/mol. The first-order valence-corrected chi connectivity index (χ1v) is 4.79. The number of fused-ring (bicyclic) bond motifs is 3. The molecule has 6 nitrogen and oxygen atoms in total.